The lowest BCUT2D eigenvalue weighted by molar-refractivity contribution is -0.165. The SMILES string of the molecule is O=C(C(Cl)=C(O)c1ccccc1)C(F)(F)F. The van der Waals surface area contributed by atoms with Gasteiger partial charge in [0, 0.05) is 5.56 Å². The molecule has 0 unspecified atom stereocenters. The summed E-state index contributed by atoms with van der Waals surface area (Å²) in [6.45, 7) is 0. The van der Waals surface area contributed by atoms with Crippen LogP contribution in [0.1, 0.15) is 5.56 Å². The number of aliphatic hydroxyl groups is 1. The predicted molar refractivity (Wildman–Crippen MR) is 52.9 cm³/mol. The number of ketones is 1. The Morgan fingerprint density at radius 3 is 2.12 bits per heavy atom. The molecule has 0 amide bonds. The molecule has 16 heavy (non-hydrogen) atoms. The van der Waals surface area contributed by atoms with Crippen LogP contribution in [0.15, 0.2) is 35.4 Å². The molecule has 0 aliphatic rings. The quantitative estimate of drug-likeness (QED) is 0.646. The molecular weight excluding hydrogens is 245 g/mol. The second kappa shape index (κ2) is 4.57. The van der Waals surface area contributed by atoms with E-state index in [-0.39, 0.29) is 5.56 Å². The Bertz CT molecular complexity index is 423. The third kappa shape index (κ3) is 2.76. The summed E-state index contributed by atoms with van der Waals surface area (Å²) in [6.07, 6.45) is -5.10. The van der Waals surface area contributed by atoms with Gasteiger partial charge in [-0.1, -0.05) is 41.9 Å². The Morgan fingerprint density at radius 1 is 1.19 bits per heavy atom. The molecule has 0 aliphatic heterocycles. The van der Waals surface area contributed by atoms with Crippen molar-refractivity contribution in [3.05, 3.63) is 40.9 Å². The highest BCUT2D eigenvalue weighted by molar-refractivity contribution is 6.45. The van der Waals surface area contributed by atoms with Gasteiger partial charge in [0.05, 0.1) is 0 Å². The third-order valence-electron chi connectivity index (χ3n) is 1.71. The first-order chi connectivity index (χ1) is 7.34. The zero-order valence-corrected chi connectivity index (χ0v) is 8.51. The van der Waals surface area contributed by atoms with Crippen LogP contribution < -0.4 is 0 Å². The van der Waals surface area contributed by atoms with Gasteiger partial charge < -0.3 is 5.11 Å². The summed E-state index contributed by atoms with van der Waals surface area (Å²) in [6, 6.07) is 7.26. The molecule has 0 atom stereocenters. The van der Waals surface area contributed by atoms with Crippen molar-refractivity contribution >= 4 is 23.1 Å². The van der Waals surface area contributed by atoms with E-state index in [1.807, 2.05) is 0 Å². The minimum Gasteiger partial charge on any atom is -0.506 e. The molecule has 86 valence electrons. The average Bonchev–Trinajstić information content (AvgIpc) is 2.26. The maximum absolute atomic E-state index is 12.0. The summed E-state index contributed by atoms with van der Waals surface area (Å²) in [5.41, 5.74) is 0.0464. The molecule has 0 aromatic heterocycles. The maximum atomic E-state index is 12.0. The Hall–Kier alpha value is -1.49. The monoisotopic (exact) mass is 250 g/mol. The number of carbonyl (C=O) groups is 1. The molecule has 0 radical (unpaired) electrons. The number of rotatable bonds is 2. The number of carbonyl (C=O) groups excluding carboxylic acids is 1. The van der Waals surface area contributed by atoms with E-state index >= 15 is 0 Å². The fourth-order valence-electron chi connectivity index (χ4n) is 0.955. The third-order valence-corrected chi connectivity index (χ3v) is 2.06. The second-order valence-electron chi connectivity index (χ2n) is 2.86. The van der Waals surface area contributed by atoms with E-state index < -0.39 is 22.8 Å². The largest absolute Gasteiger partial charge is 0.506 e. The number of allylic oxidation sites excluding steroid dienone is 1. The van der Waals surface area contributed by atoms with Gasteiger partial charge in [-0.3, -0.25) is 4.79 Å². The van der Waals surface area contributed by atoms with Crippen molar-refractivity contribution in [2.24, 2.45) is 0 Å². The summed E-state index contributed by atoms with van der Waals surface area (Å²) in [5, 5.41) is 8.11. The van der Waals surface area contributed by atoms with Crippen LogP contribution in [0.5, 0.6) is 0 Å². The first kappa shape index (κ1) is 12.6. The minimum atomic E-state index is -5.10. The number of alkyl halides is 3. The maximum Gasteiger partial charge on any atom is 0.455 e. The van der Waals surface area contributed by atoms with Gasteiger partial charge >= 0.3 is 6.18 Å². The predicted octanol–water partition coefficient (Wildman–Crippen LogP) is 3.28. The van der Waals surface area contributed by atoms with Crippen LogP contribution in [0.3, 0.4) is 0 Å². The van der Waals surface area contributed by atoms with Crippen LogP contribution in [0.25, 0.3) is 5.76 Å². The zero-order chi connectivity index (χ0) is 12.3. The van der Waals surface area contributed by atoms with Gasteiger partial charge in [0.1, 0.15) is 10.8 Å². The number of Topliss-reactive ketones (excluding diaryl/α,β-unsaturated/α-hetero) is 1. The molecule has 1 aromatic rings. The molecule has 2 nitrogen and oxygen atoms in total. The van der Waals surface area contributed by atoms with E-state index in [1.54, 1.807) is 6.07 Å². The van der Waals surface area contributed by atoms with Gasteiger partial charge in [-0.2, -0.15) is 13.2 Å². The normalized spacial score (nSPS) is 13.2. The lowest BCUT2D eigenvalue weighted by atomic mass is 10.1. The van der Waals surface area contributed by atoms with Crippen LogP contribution in [0, 0.1) is 0 Å². The van der Waals surface area contributed by atoms with Crippen LogP contribution in [0.4, 0.5) is 13.2 Å². The van der Waals surface area contributed by atoms with Gasteiger partial charge in [0.15, 0.2) is 0 Å². The van der Waals surface area contributed by atoms with E-state index in [9.17, 15) is 23.1 Å². The van der Waals surface area contributed by atoms with Crippen molar-refractivity contribution in [2.75, 3.05) is 0 Å². The number of hydrogen-bond donors (Lipinski definition) is 1. The van der Waals surface area contributed by atoms with Crippen molar-refractivity contribution < 1.29 is 23.1 Å². The van der Waals surface area contributed by atoms with Crippen molar-refractivity contribution in [3.8, 4) is 0 Å². The summed E-state index contributed by atoms with van der Waals surface area (Å²) in [4.78, 5) is 10.7. The summed E-state index contributed by atoms with van der Waals surface area (Å²) >= 11 is 5.16. The first-order valence-corrected chi connectivity index (χ1v) is 4.47. The second-order valence-corrected chi connectivity index (χ2v) is 3.23. The highest BCUT2D eigenvalue weighted by Crippen LogP contribution is 2.27. The smallest absolute Gasteiger partial charge is 0.455 e. The molecule has 0 heterocycles. The minimum absolute atomic E-state index is 0.0464. The Balaban J connectivity index is 3.12. The molecule has 6 heteroatoms. The highest BCUT2D eigenvalue weighted by Gasteiger charge is 2.41. The molecule has 0 fully saturated rings. The van der Waals surface area contributed by atoms with Crippen molar-refractivity contribution in [3.63, 3.8) is 0 Å². The topological polar surface area (TPSA) is 37.3 Å². The number of benzene rings is 1. The van der Waals surface area contributed by atoms with E-state index in [0.29, 0.717) is 0 Å². The zero-order valence-electron chi connectivity index (χ0n) is 7.75. The molecule has 1 rings (SSSR count). The lowest BCUT2D eigenvalue weighted by Crippen LogP contribution is -2.23. The van der Waals surface area contributed by atoms with E-state index in [1.165, 1.54) is 24.3 Å². The average molecular weight is 251 g/mol. The summed E-state index contributed by atoms with van der Waals surface area (Å²) in [7, 11) is 0. The molecule has 1 aromatic carbocycles. The van der Waals surface area contributed by atoms with Crippen LogP contribution in [-0.4, -0.2) is 17.1 Å². The van der Waals surface area contributed by atoms with E-state index in [4.69, 9.17) is 11.6 Å². The van der Waals surface area contributed by atoms with E-state index in [2.05, 4.69) is 0 Å². The Kier molecular flexibility index (Phi) is 3.59. The number of halogens is 4. The van der Waals surface area contributed by atoms with E-state index in [0.717, 1.165) is 0 Å². The van der Waals surface area contributed by atoms with Gasteiger partial charge in [0.25, 0.3) is 5.78 Å². The standard InChI is InChI=1S/C10H6ClF3O2/c11-7(9(16)10(12,13)14)8(15)6-4-2-1-3-5-6/h1-5,15H. The molecule has 0 bridgehead atoms. The van der Waals surface area contributed by atoms with Crippen LogP contribution >= 0.6 is 11.6 Å². The molecule has 0 saturated carbocycles. The molecule has 0 spiro atoms. The highest BCUT2D eigenvalue weighted by atomic mass is 35.5. The summed E-state index contributed by atoms with van der Waals surface area (Å²) in [5.74, 6) is -3.15. The number of aliphatic hydroxyl groups excluding tert-OH is 1. The fraction of sp³-hybridized carbons (Fsp3) is 0.100. The summed E-state index contributed by atoms with van der Waals surface area (Å²) < 4.78 is 36.0. The molecule has 1 N–H and O–H groups in total. The molecule has 0 saturated heterocycles. The van der Waals surface area contributed by atoms with Gasteiger partial charge in [-0.15, -0.1) is 0 Å². The molecular formula is C10H6ClF3O2. The first-order valence-electron chi connectivity index (χ1n) is 4.09. The Morgan fingerprint density at radius 2 is 1.69 bits per heavy atom. The van der Waals surface area contributed by atoms with Crippen molar-refractivity contribution in [1.29, 1.82) is 0 Å². The van der Waals surface area contributed by atoms with Gasteiger partial charge in [0.2, 0.25) is 0 Å². The van der Waals surface area contributed by atoms with Crippen molar-refractivity contribution in [2.45, 2.75) is 6.18 Å². The van der Waals surface area contributed by atoms with Gasteiger partial charge in [-0.25, -0.2) is 0 Å². The van der Waals surface area contributed by atoms with Gasteiger partial charge in [-0.05, 0) is 0 Å². The fourth-order valence-corrected chi connectivity index (χ4v) is 1.17. The number of hydrogen-bond acceptors (Lipinski definition) is 2. The van der Waals surface area contributed by atoms with Crippen molar-refractivity contribution in [1.82, 2.24) is 0 Å². The molecule has 0 aliphatic carbocycles. The van der Waals surface area contributed by atoms with Crippen LogP contribution in [-0.2, 0) is 4.79 Å². The Labute approximate surface area is 94.0 Å². The van der Waals surface area contributed by atoms with Crippen LogP contribution in [0.2, 0.25) is 0 Å². The lowest BCUT2D eigenvalue weighted by Gasteiger charge is -2.06.